The summed E-state index contributed by atoms with van der Waals surface area (Å²) >= 11 is 0. The number of nitrogens with zero attached hydrogens (tertiary/aromatic N) is 1. The van der Waals surface area contributed by atoms with Gasteiger partial charge in [-0.15, -0.1) is 0 Å². The smallest absolute Gasteiger partial charge is 0.330 e. The number of nitrogens with one attached hydrogen (secondary N) is 1. The highest BCUT2D eigenvalue weighted by Crippen LogP contribution is 2.46. The van der Waals surface area contributed by atoms with E-state index in [0.717, 1.165) is 10.6 Å². The minimum Gasteiger partial charge on any atom is -0.408 e. The zero-order valence-corrected chi connectivity index (χ0v) is 16.5. The highest BCUT2D eigenvalue weighted by molar-refractivity contribution is 6.74. The lowest BCUT2D eigenvalue weighted by Crippen LogP contribution is -2.53. The van der Waals surface area contributed by atoms with E-state index in [1.165, 1.54) is 13.1 Å². The van der Waals surface area contributed by atoms with Crippen molar-refractivity contribution in [3.05, 3.63) is 33.1 Å². The van der Waals surface area contributed by atoms with Crippen LogP contribution in [0.2, 0.25) is 18.1 Å². The van der Waals surface area contributed by atoms with Crippen molar-refractivity contribution in [2.24, 2.45) is 0 Å². The second-order valence-electron chi connectivity index (χ2n) is 8.18. The zero-order valence-electron chi connectivity index (χ0n) is 15.5. The molecule has 2 heterocycles. The van der Waals surface area contributed by atoms with E-state index >= 15 is 4.39 Å². The molecule has 2 N–H and O–H groups in total. The Morgan fingerprint density at radius 1 is 1.44 bits per heavy atom. The number of hydrogen-bond donors (Lipinski definition) is 2. The van der Waals surface area contributed by atoms with Gasteiger partial charge in [-0.3, -0.25) is 14.3 Å². The molecule has 9 heteroatoms. The third-order valence-corrected chi connectivity index (χ3v) is 9.65. The largest absolute Gasteiger partial charge is 0.408 e. The molecule has 4 atom stereocenters. The maximum atomic E-state index is 15.7. The zero-order chi connectivity index (χ0) is 19.2. The molecule has 0 radical (unpaired) electrons. The number of ether oxygens (including phenoxy) is 1. The third kappa shape index (κ3) is 3.64. The molecule has 2 rings (SSSR count). The first-order valence-electron chi connectivity index (χ1n) is 8.26. The van der Waals surface area contributed by atoms with Gasteiger partial charge in [-0.25, -0.2) is 9.18 Å². The molecule has 1 fully saturated rings. The molecule has 0 aromatic carbocycles. The predicted octanol–water partition coefficient (Wildman–Crippen LogP) is 1.54. The summed E-state index contributed by atoms with van der Waals surface area (Å²) in [4.78, 5) is 25.4. The van der Waals surface area contributed by atoms with Gasteiger partial charge in [0.2, 0.25) is 0 Å². The topological polar surface area (TPSA) is 93.5 Å². The quantitative estimate of drug-likeness (QED) is 0.780. The van der Waals surface area contributed by atoms with Crippen LogP contribution in [0, 0.1) is 0 Å². The van der Waals surface area contributed by atoms with Crippen molar-refractivity contribution in [2.75, 3.05) is 6.61 Å². The molecule has 0 aliphatic carbocycles. The van der Waals surface area contributed by atoms with Crippen molar-refractivity contribution in [1.82, 2.24) is 9.55 Å². The Labute approximate surface area is 146 Å². The van der Waals surface area contributed by atoms with Gasteiger partial charge in [0.15, 0.2) is 20.2 Å². The number of aromatic amines is 1. The highest BCUT2D eigenvalue weighted by Gasteiger charge is 2.58. The summed E-state index contributed by atoms with van der Waals surface area (Å²) in [6, 6.07) is 1.12. The molecule has 1 aromatic rings. The van der Waals surface area contributed by atoms with Crippen LogP contribution in [-0.4, -0.2) is 47.5 Å². The molecule has 7 nitrogen and oxygen atoms in total. The molecule has 1 unspecified atom stereocenters. The molecule has 1 aliphatic rings. The lowest BCUT2D eigenvalue weighted by Gasteiger charge is -2.41. The van der Waals surface area contributed by atoms with Crippen LogP contribution in [0.15, 0.2) is 21.9 Å². The van der Waals surface area contributed by atoms with Gasteiger partial charge in [0.05, 0.1) is 6.61 Å². The second kappa shape index (κ2) is 6.46. The van der Waals surface area contributed by atoms with Gasteiger partial charge in [0, 0.05) is 12.3 Å². The van der Waals surface area contributed by atoms with Crippen molar-refractivity contribution >= 4 is 8.32 Å². The van der Waals surface area contributed by atoms with E-state index in [9.17, 15) is 14.7 Å². The van der Waals surface area contributed by atoms with Gasteiger partial charge >= 0.3 is 5.69 Å². The predicted molar refractivity (Wildman–Crippen MR) is 93.9 cm³/mol. The van der Waals surface area contributed by atoms with E-state index < -0.39 is 50.3 Å². The highest BCUT2D eigenvalue weighted by atomic mass is 28.4. The number of halogens is 1. The summed E-state index contributed by atoms with van der Waals surface area (Å²) in [5.41, 5.74) is -3.41. The Morgan fingerprint density at radius 2 is 2.04 bits per heavy atom. The van der Waals surface area contributed by atoms with E-state index in [1.54, 1.807) is 0 Å². The van der Waals surface area contributed by atoms with E-state index in [-0.39, 0.29) is 5.04 Å². The van der Waals surface area contributed by atoms with E-state index in [1.807, 2.05) is 33.9 Å². The fourth-order valence-corrected chi connectivity index (χ4v) is 4.02. The van der Waals surface area contributed by atoms with Gasteiger partial charge in [0.25, 0.3) is 5.56 Å². The fourth-order valence-electron chi connectivity index (χ4n) is 2.65. The summed E-state index contributed by atoms with van der Waals surface area (Å²) in [5.74, 6) is 0. The lowest BCUT2D eigenvalue weighted by molar-refractivity contribution is -0.0611. The minimum absolute atomic E-state index is 0.157. The number of alkyl halides is 1. The molecule has 25 heavy (non-hydrogen) atoms. The first-order chi connectivity index (χ1) is 11.3. The van der Waals surface area contributed by atoms with Crippen LogP contribution >= 0.6 is 0 Å². The van der Waals surface area contributed by atoms with Crippen LogP contribution in [0.1, 0.15) is 33.9 Å². The maximum absolute atomic E-state index is 15.7. The second-order valence-corrected chi connectivity index (χ2v) is 12.9. The fraction of sp³-hybridized carbons (Fsp3) is 0.750. The van der Waals surface area contributed by atoms with Crippen molar-refractivity contribution < 1.29 is 18.7 Å². The van der Waals surface area contributed by atoms with Crippen LogP contribution in [0.5, 0.6) is 0 Å². The molecule has 1 saturated heterocycles. The van der Waals surface area contributed by atoms with Crippen molar-refractivity contribution in [3.63, 3.8) is 0 Å². The number of aromatic nitrogens is 2. The number of aliphatic hydroxyl groups excluding tert-OH is 1. The Bertz CT molecular complexity index is 737. The average molecular weight is 374 g/mol. The van der Waals surface area contributed by atoms with E-state index in [0.29, 0.717) is 0 Å². The summed E-state index contributed by atoms with van der Waals surface area (Å²) in [6.07, 6.45) is -2.05. The Hall–Kier alpha value is -1.29. The monoisotopic (exact) mass is 374 g/mol. The SMILES string of the molecule is CC(C)(C)[Si](C)(C)OC1[C@@H](CO)O[C@@H](n2ccc(=O)[nH]c2=O)[C@]1(C)F. The molecular weight excluding hydrogens is 347 g/mol. The van der Waals surface area contributed by atoms with Gasteiger partial charge in [0.1, 0.15) is 12.2 Å². The maximum Gasteiger partial charge on any atom is 0.330 e. The summed E-state index contributed by atoms with van der Waals surface area (Å²) in [6.45, 7) is 10.9. The van der Waals surface area contributed by atoms with Gasteiger partial charge in [-0.1, -0.05) is 20.8 Å². The first-order valence-corrected chi connectivity index (χ1v) is 11.2. The van der Waals surface area contributed by atoms with Gasteiger partial charge in [-0.05, 0) is 25.1 Å². The Kier molecular flexibility index (Phi) is 5.17. The first kappa shape index (κ1) is 20.0. The van der Waals surface area contributed by atoms with E-state index in [4.69, 9.17) is 9.16 Å². The Balaban J connectivity index is 2.42. The van der Waals surface area contributed by atoms with Crippen LogP contribution < -0.4 is 11.2 Å². The van der Waals surface area contributed by atoms with Crippen molar-refractivity contribution in [3.8, 4) is 0 Å². The number of H-pyrrole nitrogens is 1. The van der Waals surface area contributed by atoms with E-state index in [2.05, 4.69) is 4.98 Å². The van der Waals surface area contributed by atoms with Crippen LogP contribution in [-0.2, 0) is 9.16 Å². The summed E-state index contributed by atoms with van der Waals surface area (Å²) < 4.78 is 28.5. The average Bonchev–Trinajstić information content (AvgIpc) is 2.69. The number of aliphatic hydroxyl groups is 1. The molecule has 1 aliphatic heterocycles. The molecule has 142 valence electrons. The van der Waals surface area contributed by atoms with Crippen LogP contribution in [0.4, 0.5) is 4.39 Å². The molecule has 0 bridgehead atoms. The Morgan fingerprint density at radius 3 is 2.52 bits per heavy atom. The standard InChI is InChI=1S/C16H27FN2O5Si/c1-15(2,3)25(5,6)24-12-10(9-20)23-13(16(12,4)17)19-8-7-11(21)18-14(19)22/h7-8,10,12-13,20H,9H2,1-6H3,(H,18,21,22)/t10-,12?,13-,16-/m1/s1. The summed E-state index contributed by atoms with van der Waals surface area (Å²) in [7, 11) is -2.35. The normalized spacial score (nSPS) is 30.6. The number of rotatable bonds is 4. The molecule has 0 amide bonds. The molecule has 0 saturated carbocycles. The minimum atomic E-state index is -2.35. The molecular formula is C16H27FN2O5Si. The number of hydrogen-bond acceptors (Lipinski definition) is 5. The lowest BCUT2D eigenvalue weighted by atomic mass is 9.98. The van der Waals surface area contributed by atoms with Crippen molar-refractivity contribution in [1.29, 1.82) is 0 Å². The molecule has 1 aromatic heterocycles. The van der Waals surface area contributed by atoms with Crippen molar-refractivity contribution in [2.45, 2.75) is 69.9 Å². The van der Waals surface area contributed by atoms with Gasteiger partial charge < -0.3 is 14.3 Å². The van der Waals surface area contributed by atoms with Crippen LogP contribution in [0.3, 0.4) is 0 Å². The molecule has 0 spiro atoms. The third-order valence-electron chi connectivity index (χ3n) is 5.19. The van der Waals surface area contributed by atoms with Crippen LogP contribution in [0.25, 0.3) is 0 Å². The van der Waals surface area contributed by atoms with Gasteiger partial charge in [-0.2, -0.15) is 0 Å². The summed E-state index contributed by atoms with van der Waals surface area (Å²) in [5, 5.41) is 9.49.